The Hall–Kier alpha value is -3.37. The Bertz CT molecular complexity index is 1040. The molecule has 0 saturated heterocycles. The fourth-order valence-electron chi connectivity index (χ4n) is 3.73. The number of aliphatic carboxylic acids is 1. The number of amides is 3. The molecule has 0 bridgehead atoms. The van der Waals surface area contributed by atoms with E-state index in [1.165, 1.54) is 0 Å². The number of carbonyl (C=O) groups is 4. The highest BCUT2D eigenvalue weighted by molar-refractivity contribution is 7.80. The molecule has 2 rings (SSSR count). The first-order valence-electron chi connectivity index (χ1n) is 12.2. The van der Waals surface area contributed by atoms with Crippen LogP contribution in [0.5, 0.6) is 0 Å². The van der Waals surface area contributed by atoms with E-state index in [0.29, 0.717) is 6.42 Å². The molecule has 0 aliphatic rings. The SMILES string of the molecule is CC(C)CC(NC(=O)C(CS)NC(=O)C(Cc1ccccc1)NC(=O)C(N)Cc1ccccc1)C(=O)O. The highest BCUT2D eigenvalue weighted by Gasteiger charge is 2.30. The van der Waals surface area contributed by atoms with Gasteiger partial charge in [0.25, 0.3) is 0 Å². The third kappa shape index (κ3) is 10.3. The Kier molecular flexibility index (Phi) is 12.1. The Morgan fingerprint density at radius 2 is 1.22 bits per heavy atom. The smallest absolute Gasteiger partial charge is 0.326 e. The Morgan fingerprint density at radius 1 is 0.757 bits per heavy atom. The number of hydrogen-bond acceptors (Lipinski definition) is 6. The quantitative estimate of drug-likeness (QED) is 0.204. The summed E-state index contributed by atoms with van der Waals surface area (Å²) in [5, 5.41) is 17.2. The maximum Gasteiger partial charge on any atom is 0.326 e. The molecule has 0 fully saturated rings. The van der Waals surface area contributed by atoms with Crippen molar-refractivity contribution < 1.29 is 24.3 Å². The van der Waals surface area contributed by atoms with E-state index < -0.39 is 47.9 Å². The van der Waals surface area contributed by atoms with Gasteiger partial charge in [0.15, 0.2) is 0 Å². The predicted molar refractivity (Wildman–Crippen MR) is 145 cm³/mol. The van der Waals surface area contributed by atoms with E-state index in [0.717, 1.165) is 11.1 Å². The largest absolute Gasteiger partial charge is 0.480 e. The fraction of sp³-hybridized carbons (Fsp3) is 0.407. The minimum atomic E-state index is -1.16. The van der Waals surface area contributed by atoms with Crippen molar-refractivity contribution in [2.75, 3.05) is 5.75 Å². The molecule has 0 radical (unpaired) electrons. The molecule has 4 atom stereocenters. The Labute approximate surface area is 223 Å². The summed E-state index contributed by atoms with van der Waals surface area (Å²) in [5.74, 6) is -2.96. The fourth-order valence-corrected chi connectivity index (χ4v) is 3.99. The van der Waals surface area contributed by atoms with Crippen LogP contribution in [-0.2, 0) is 32.0 Å². The third-order valence-corrected chi connectivity index (χ3v) is 6.05. The third-order valence-electron chi connectivity index (χ3n) is 5.69. The van der Waals surface area contributed by atoms with Gasteiger partial charge in [-0.2, -0.15) is 12.6 Å². The van der Waals surface area contributed by atoms with Crippen LogP contribution in [-0.4, -0.2) is 58.7 Å². The maximum absolute atomic E-state index is 13.2. The normalized spacial score (nSPS) is 14.2. The number of carbonyl (C=O) groups excluding carboxylic acids is 3. The summed E-state index contributed by atoms with van der Waals surface area (Å²) in [6, 6.07) is 14.3. The minimum absolute atomic E-state index is 0.0380. The van der Waals surface area contributed by atoms with E-state index in [1.807, 2.05) is 74.5 Å². The molecule has 0 spiro atoms. The van der Waals surface area contributed by atoms with Gasteiger partial charge in [0.2, 0.25) is 17.7 Å². The predicted octanol–water partition coefficient (Wildman–Crippen LogP) is 1.31. The average molecular weight is 529 g/mol. The van der Waals surface area contributed by atoms with E-state index in [1.54, 1.807) is 0 Å². The summed E-state index contributed by atoms with van der Waals surface area (Å²) >= 11 is 4.17. The summed E-state index contributed by atoms with van der Waals surface area (Å²) in [5.41, 5.74) is 7.80. The standard InChI is InChI=1S/C27H36N4O5S/c1-17(2)13-22(27(35)36)30-26(34)23(16-37)31-25(33)21(15-19-11-7-4-8-12-19)29-24(32)20(28)14-18-9-5-3-6-10-18/h3-12,17,20-23,37H,13-16,28H2,1-2H3,(H,29,32)(H,30,34)(H,31,33)(H,35,36). The van der Waals surface area contributed by atoms with Gasteiger partial charge in [-0.25, -0.2) is 4.79 Å². The zero-order chi connectivity index (χ0) is 27.4. The minimum Gasteiger partial charge on any atom is -0.480 e. The molecule has 9 nitrogen and oxygen atoms in total. The van der Waals surface area contributed by atoms with Crippen molar-refractivity contribution in [1.29, 1.82) is 0 Å². The summed E-state index contributed by atoms with van der Waals surface area (Å²) in [4.78, 5) is 50.5. The van der Waals surface area contributed by atoms with Gasteiger partial charge in [-0.15, -0.1) is 0 Å². The van der Waals surface area contributed by atoms with Crippen LogP contribution in [0.2, 0.25) is 0 Å². The number of benzene rings is 2. The highest BCUT2D eigenvalue weighted by Crippen LogP contribution is 2.08. The number of thiol groups is 1. The van der Waals surface area contributed by atoms with Crippen LogP contribution in [0.3, 0.4) is 0 Å². The van der Waals surface area contributed by atoms with Gasteiger partial charge in [-0.3, -0.25) is 14.4 Å². The summed E-state index contributed by atoms with van der Waals surface area (Å²) < 4.78 is 0. The van der Waals surface area contributed by atoms with E-state index in [-0.39, 0.29) is 24.5 Å². The van der Waals surface area contributed by atoms with Crippen LogP contribution in [0.25, 0.3) is 0 Å². The van der Waals surface area contributed by atoms with Crippen LogP contribution >= 0.6 is 12.6 Å². The number of carboxylic acids is 1. The molecule has 0 aromatic heterocycles. The van der Waals surface area contributed by atoms with Crippen molar-refractivity contribution in [3.63, 3.8) is 0 Å². The lowest BCUT2D eigenvalue weighted by molar-refractivity contribution is -0.142. The molecule has 10 heteroatoms. The van der Waals surface area contributed by atoms with Crippen LogP contribution in [0, 0.1) is 5.92 Å². The van der Waals surface area contributed by atoms with E-state index in [9.17, 15) is 24.3 Å². The molecule has 200 valence electrons. The molecule has 3 amide bonds. The molecular weight excluding hydrogens is 492 g/mol. The summed E-state index contributed by atoms with van der Waals surface area (Å²) in [7, 11) is 0. The van der Waals surface area contributed by atoms with E-state index >= 15 is 0 Å². The van der Waals surface area contributed by atoms with Crippen molar-refractivity contribution in [1.82, 2.24) is 16.0 Å². The number of nitrogens with two attached hydrogens (primary N) is 1. The van der Waals surface area contributed by atoms with Crippen molar-refractivity contribution in [3.05, 3.63) is 71.8 Å². The Balaban J connectivity index is 2.13. The lowest BCUT2D eigenvalue weighted by atomic mass is 10.0. The van der Waals surface area contributed by atoms with Crippen molar-refractivity contribution >= 4 is 36.3 Å². The van der Waals surface area contributed by atoms with Crippen LogP contribution in [0.15, 0.2) is 60.7 Å². The summed E-state index contributed by atoms with van der Waals surface area (Å²) in [6.07, 6.45) is 0.698. The number of rotatable bonds is 14. The second-order valence-corrected chi connectivity index (χ2v) is 9.68. The van der Waals surface area contributed by atoms with Crippen molar-refractivity contribution in [2.45, 2.75) is 57.3 Å². The first-order chi connectivity index (χ1) is 17.6. The molecule has 2 aromatic carbocycles. The highest BCUT2D eigenvalue weighted by atomic mass is 32.1. The number of hydrogen-bond donors (Lipinski definition) is 6. The van der Waals surface area contributed by atoms with E-state index in [4.69, 9.17) is 5.73 Å². The topological polar surface area (TPSA) is 151 Å². The van der Waals surface area contributed by atoms with Crippen LogP contribution in [0.1, 0.15) is 31.4 Å². The van der Waals surface area contributed by atoms with Gasteiger partial charge in [0, 0.05) is 12.2 Å². The molecular formula is C27H36N4O5S. The monoisotopic (exact) mass is 528 g/mol. The lowest BCUT2D eigenvalue weighted by Gasteiger charge is -2.25. The molecule has 6 N–H and O–H groups in total. The molecule has 2 aromatic rings. The molecule has 0 saturated carbocycles. The molecule has 4 unspecified atom stereocenters. The van der Waals surface area contributed by atoms with Gasteiger partial charge in [-0.1, -0.05) is 74.5 Å². The maximum atomic E-state index is 13.2. The van der Waals surface area contributed by atoms with Crippen molar-refractivity contribution in [2.24, 2.45) is 11.7 Å². The van der Waals surface area contributed by atoms with Crippen LogP contribution < -0.4 is 21.7 Å². The van der Waals surface area contributed by atoms with Crippen molar-refractivity contribution in [3.8, 4) is 0 Å². The lowest BCUT2D eigenvalue weighted by Crippen LogP contribution is -2.58. The van der Waals surface area contributed by atoms with Gasteiger partial charge < -0.3 is 26.8 Å². The number of carboxylic acid groups (broad SMARTS) is 1. The van der Waals surface area contributed by atoms with Gasteiger partial charge >= 0.3 is 5.97 Å². The number of nitrogens with one attached hydrogen (secondary N) is 3. The molecule has 0 heterocycles. The first-order valence-corrected chi connectivity index (χ1v) is 12.8. The second-order valence-electron chi connectivity index (χ2n) is 9.32. The van der Waals surface area contributed by atoms with Gasteiger partial charge in [0.05, 0.1) is 6.04 Å². The molecule has 37 heavy (non-hydrogen) atoms. The zero-order valence-corrected chi connectivity index (χ0v) is 22.0. The van der Waals surface area contributed by atoms with Gasteiger partial charge in [0.1, 0.15) is 18.1 Å². The zero-order valence-electron chi connectivity index (χ0n) is 21.1. The molecule has 0 aliphatic heterocycles. The summed E-state index contributed by atoms with van der Waals surface area (Å²) in [6.45, 7) is 3.69. The van der Waals surface area contributed by atoms with E-state index in [2.05, 4.69) is 28.6 Å². The molecule has 0 aliphatic carbocycles. The second kappa shape index (κ2) is 15.0. The van der Waals surface area contributed by atoms with Crippen LogP contribution in [0.4, 0.5) is 0 Å². The average Bonchev–Trinajstić information content (AvgIpc) is 2.87. The Morgan fingerprint density at radius 3 is 1.70 bits per heavy atom. The van der Waals surface area contributed by atoms with Gasteiger partial charge in [-0.05, 0) is 29.9 Å². The first kappa shape index (κ1) is 29.9.